The van der Waals surface area contributed by atoms with Crippen LogP contribution in [-0.2, 0) is 11.3 Å². The second kappa shape index (κ2) is 10.8. The normalized spacial score (nSPS) is 22.6. The molecule has 2 fully saturated rings. The third-order valence-corrected chi connectivity index (χ3v) is 8.27. The molecule has 4 rings (SSSR count). The number of amides is 3. The standard InChI is InChI=1S/C30H39N3O5/c1-20-5-11-24(12-6-20)32-19-30(15-13-23(14-16-30)29(2,3)4)33(28(32)38)18-21-7-9-22(10-8-21)26(35)31-17-25(34)27(36)37/h5-12,23,25,34H,13-19H2,1-4H3,(H,31,35)(H,36,37). The molecule has 204 valence electrons. The van der Waals surface area contributed by atoms with Gasteiger partial charge in [0.05, 0.1) is 18.6 Å². The van der Waals surface area contributed by atoms with Crippen molar-refractivity contribution in [3.8, 4) is 0 Å². The molecule has 0 bridgehead atoms. The number of nitrogens with one attached hydrogen (secondary N) is 1. The fourth-order valence-corrected chi connectivity index (χ4v) is 5.73. The summed E-state index contributed by atoms with van der Waals surface area (Å²) in [6, 6.07) is 15.1. The van der Waals surface area contributed by atoms with Crippen molar-refractivity contribution in [3.63, 3.8) is 0 Å². The fraction of sp³-hybridized carbons (Fsp3) is 0.500. The molecule has 38 heavy (non-hydrogen) atoms. The molecule has 2 aliphatic rings. The highest BCUT2D eigenvalue weighted by Gasteiger charge is 2.52. The van der Waals surface area contributed by atoms with Crippen LogP contribution in [-0.4, -0.2) is 57.8 Å². The Morgan fingerprint density at radius 3 is 2.21 bits per heavy atom. The first-order valence-corrected chi connectivity index (χ1v) is 13.3. The Balaban J connectivity index is 1.53. The number of benzene rings is 2. The molecule has 2 aromatic carbocycles. The molecule has 1 saturated carbocycles. The highest BCUT2D eigenvalue weighted by Crippen LogP contribution is 2.47. The number of hydrogen-bond acceptors (Lipinski definition) is 4. The summed E-state index contributed by atoms with van der Waals surface area (Å²) in [6.45, 7) is 9.67. The predicted molar refractivity (Wildman–Crippen MR) is 146 cm³/mol. The maximum Gasteiger partial charge on any atom is 0.334 e. The Labute approximate surface area is 224 Å². The number of aliphatic hydroxyl groups excluding tert-OH is 1. The molecule has 2 aromatic rings. The molecule has 8 heteroatoms. The second-order valence-corrected chi connectivity index (χ2v) is 11.9. The number of anilines is 1. The second-order valence-electron chi connectivity index (χ2n) is 11.9. The molecule has 3 amide bonds. The number of urea groups is 1. The fourth-order valence-electron chi connectivity index (χ4n) is 5.73. The van der Waals surface area contributed by atoms with Crippen LogP contribution in [0.2, 0.25) is 0 Å². The van der Waals surface area contributed by atoms with Gasteiger partial charge in [0.2, 0.25) is 0 Å². The van der Waals surface area contributed by atoms with E-state index in [4.69, 9.17) is 5.11 Å². The number of carbonyl (C=O) groups is 3. The van der Waals surface area contributed by atoms with Gasteiger partial charge >= 0.3 is 12.0 Å². The maximum absolute atomic E-state index is 13.8. The number of hydrogen-bond donors (Lipinski definition) is 3. The quantitative estimate of drug-likeness (QED) is 0.494. The van der Waals surface area contributed by atoms with Gasteiger partial charge in [0.15, 0.2) is 6.10 Å². The van der Waals surface area contributed by atoms with Gasteiger partial charge in [0, 0.05) is 17.8 Å². The van der Waals surface area contributed by atoms with Crippen molar-refractivity contribution in [1.29, 1.82) is 0 Å². The van der Waals surface area contributed by atoms with Crippen LogP contribution < -0.4 is 10.2 Å². The molecule has 1 aliphatic heterocycles. The highest BCUT2D eigenvalue weighted by molar-refractivity contribution is 5.96. The Morgan fingerprint density at radius 1 is 1.05 bits per heavy atom. The molecule has 1 spiro atoms. The molecule has 1 unspecified atom stereocenters. The summed E-state index contributed by atoms with van der Waals surface area (Å²) in [5.41, 5.74) is 3.34. The summed E-state index contributed by atoms with van der Waals surface area (Å²) in [5, 5.41) is 20.6. The van der Waals surface area contributed by atoms with E-state index in [0.717, 1.165) is 42.5 Å². The zero-order valence-electron chi connectivity index (χ0n) is 22.7. The van der Waals surface area contributed by atoms with Crippen LogP contribution in [0.1, 0.15) is 67.9 Å². The van der Waals surface area contributed by atoms with Crippen LogP contribution in [0.3, 0.4) is 0 Å². The molecule has 1 aliphatic carbocycles. The minimum absolute atomic E-state index is 0.00698. The SMILES string of the molecule is Cc1ccc(N2CC3(CCC(C(C)(C)C)CC3)N(Cc3ccc(C(=O)NCC(O)C(=O)O)cc3)C2=O)cc1. The van der Waals surface area contributed by atoms with Gasteiger partial charge in [-0.2, -0.15) is 0 Å². The largest absolute Gasteiger partial charge is 0.479 e. The van der Waals surface area contributed by atoms with Crippen molar-refractivity contribution >= 4 is 23.6 Å². The highest BCUT2D eigenvalue weighted by atomic mass is 16.4. The average Bonchev–Trinajstić information content (AvgIpc) is 3.13. The first kappa shape index (κ1) is 27.6. The predicted octanol–water partition coefficient (Wildman–Crippen LogP) is 4.59. The molecular formula is C30H39N3O5. The maximum atomic E-state index is 13.8. The van der Waals surface area contributed by atoms with Gasteiger partial charge in [-0.1, -0.05) is 50.6 Å². The smallest absolute Gasteiger partial charge is 0.334 e. The van der Waals surface area contributed by atoms with Crippen LogP contribution in [0.25, 0.3) is 0 Å². The van der Waals surface area contributed by atoms with Crippen LogP contribution in [0, 0.1) is 18.3 Å². The Hall–Kier alpha value is -3.39. The summed E-state index contributed by atoms with van der Waals surface area (Å²) in [7, 11) is 0. The molecule has 1 heterocycles. The zero-order valence-corrected chi connectivity index (χ0v) is 22.7. The lowest BCUT2D eigenvalue weighted by molar-refractivity contribution is -0.146. The summed E-state index contributed by atoms with van der Waals surface area (Å²) in [5.74, 6) is -1.23. The van der Waals surface area contributed by atoms with Gasteiger partial charge in [-0.3, -0.25) is 9.69 Å². The lowest BCUT2D eigenvalue weighted by Gasteiger charge is -2.45. The molecule has 1 saturated heterocycles. The Morgan fingerprint density at radius 2 is 1.66 bits per heavy atom. The van der Waals surface area contributed by atoms with E-state index in [9.17, 15) is 19.5 Å². The van der Waals surface area contributed by atoms with Gasteiger partial charge in [-0.25, -0.2) is 9.59 Å². The van der Waals surface area contributed by atoms with Gasteiger partial charge in [-0.15, -0.1) is 0 Å². The zero-order chi connectivity index (χ0) is 27.7. The van der Waals surface area contributed by atoms with E-state index in [2.05, 4.69) is 26.1 Å². The topological polar surface area (TPSA) is 110 Å². The number of aliphatic carboxylic acids is 1. The number of nitrogens with zero attached hydrogens (tertiary/aromatic N) is 2. The van der Waals surface area contributed by atoms with Crippen molar-refractivity contribution < 1.29 is 24.6 Å². The number of aryl methyl sites for hydroxylation is 1. The Bertz CT molecular complexity index is 1160. The van der Waals surface area contributed by atoms with E-state index in [1.54, 1.807) is 12.1 Å². The summed E-state index contributed by atoms with van der Waals surface area (Å²) in [4.78, 5) is 40.9. The molecule has 3 N–H and O–H groups in total. The van der Waals surface area contributed by atoms with E-state index in [1.807, 2.05) is 53.1 Å². The number of carboxylic acid groups (broad SMARTS) is 1. The molecule has 8 nitrogen and oxygen atoms in total. The number of carbonyl (C=O) groups excluding carboxylic acids is 2. The van der Waals surface area contributed by atoms with Crippen LogP contribution >= 0.6 is 0 Å². The van der Waals surface area contributed by atoms with Crippen molar-refractivity contribution in [1.82, 2.24) is 10.2 Å². The molecular weight excluding hydrogens is 482 g/mol. The van der Waals surface area contributed by atoms with Gasteiger partial charge in [0.1, 0.15) is 0 Å². The minimum Gasteiger partial charge on any atom is -0.479 e. The number of rotatable bonds is 7. The molecule has 1 atom stereocenters. The van der Waals surface area contributed by atoms with Gasteiger partial charge in [-0.05, 0) is 73.8 Å². The van der Waals surface area contributed by atoms with Gasteiger partial charge < -0.3 is 20.4 Å². The van der Waals surface area contributed by atoms with Crippen molar-refractivity contribution in [2.24, 2.45) is 11.3 Å². The summed E-state index contributed by atoms with van der Waals surface area (Å²) >= 11 is 0. The lowest BCUT2D eigenvalue weighted by Crippen LogP contribution is -2.50. The van der Waals surface area contributed by atoms with Crippen molar-refractivity contribution in [2.45, 2.75) is 71.6 Å². The number of aliphatic hydroxyl groups is 1. The Kier molecular flexibility index (Phi) is 7.83. The van der Waals surface area contributed by atoms with E-state index in [1.165, 1.54) is 0 Å². The van der Waals surface area contributed by atoms with Crippen molar-refractivity contribution in [2.75, 3.05) is 18.0 Å². The lowest BCUT2D eigenvalue weighted by atomic mass is 9.67. The first-order chi connectivity index (χ1) is 17.9. The van der Waals surface area contributed by atoms with Crippen LogP contribution in [0.5, 0.6) is 0 Å². The van der Waals surface area contributed by atoms with Gasteiger partial charge in [0.25, 0.3) is 5.91 Å². The van der Waals surface area contributed by atoms with Crippen molar-refractivity contribution in [3.05, 3.63) is 65.2 Å². The summed E-state index contributed by atoms with van der Waals surface area (Å²) in [6.07, 6.45) is 2.41. The van der Waals surface area contributed by atoms with E-state index in [-0.39, 0.29) is 23.5 Å². The molecule has 0 aromatic heterocycles. The van der Waals surface area contributed by atoms with Crippen LogP contribution in [0.4, 0.5) is 10.5 Å². The van der Waals surface area contributed by atoms with Crippen LogP contribution in [0.15, 0.2) is 48.5 Å². The van der Waals surface area contributed by atoms with E-state index < -0.39 is 18.0 Å². The minimum atomic E-state index is -1.65. The number of carboxylic acids is 1. The summed E-state index contributed by atoms with van der Waals surface area (Å²) < 4.78 is 0. The average molecular weight is 522 g/mol. The third kappa shape index (κ3) is 5.85. The third-order valence-electron chi connectivity index (χ3n) is 8.27. The van der Waals surface area contributed by atoms with E-state index >= 15 is 0 Å². The monoisotopic (exact) mass is 521 g/mol. The molecule has 0 radical (unpaired) electrons. The van der Waals surface area contributed by atoms with E-state index in [0.29, 0.717) is 24.6 Å². The first-order valence-electron chi connectivity index (χ1n) is 13.3.